The largest absolute Gasteiger partial charge is 0.481 e. The van der Waals surface area contributed by atoms with Gasteiger partial charge in [0.15, 0.2) is 0 Å². The fourth-order valence-corrected chi connectivity index (χ4v) is 1.27. The molecule has 0 unspecified atom stereocenters. The SMILES string of the molecule is C=CCCC(=O)O.ClSc1ccccc1. The van der Waals surface area contributed by atoms with E-state index in [4.69, 9.17) is 15.8 Å². The van der Waals surface area contributed by atoms with Crippen LogP contribution in [-0.2, 0) is 4.79 Å². The second kappa shape index (κ2) is 9.62. The van der Waals surface area contributed by atoms with E-state index in [0.717, 1.165) is 4.90 Å². The maximum atomic E-state index is 9.71. The van der Waals surface area contributed by atoms with E-state index in [1.807, 2.05) is 30.3 Å². The lowest BCUT2D eigenvalue weighted by Gasteiger charge is -1.86. The zero-order valence-electron chi connectivity index (χ0n) is 8.23. The molecular weight excluding hydrogens is 232 g/mol. The predicted molar refractivity (Wildman–Crippen MR) is 65.2 cm³/mol. The van der Waals surface area contributed by atoms with Gasteiger partial charge < -0.3 is 5.11 Å². The van der Waals surface area contributed by atoms with E-state index in [1.165, 1.54) is 11.0 Å². The van der Waals surface area contributed by atoms with Gasteiger partial charge in [-0.2, -0.15) is 0 Å². The molecule has 1 aromatic carbocycles. The summed E-state index contributed by atoms with van der Waals surface area (Å²) < 4.78 is 0. The van der Waals surface area contributed by atoms with Gasteiger partial charge in [0.2, 0.25) is 0 Å². The quantitative estimate of drug-likeness (QED) is 0.815. The Morgan fingerprint density at radius 2 is 2.07 bits per heavy atom. The molecule has 82 valence electrons. The average molecular weight is 245 g/mol. The van der Waals surface area contributed by atoms with Gasteiger partial charge in [-0.1, -0.05) is 24.3 Å². The van der Waals surface area contributed by atoms with Crippen molar-refractivity contribution in [1.82, 2.24) is 0 Å². The Bertz CT molecular complexity index is 288. The third-order valence-electron chi connectivity index (χ3n) is 1.39. The first kappa shape index (κ1) is 14.1. The molecule has 0 atom stereocenters. The molecule has 0 fully saturated rings. The fraction of sp³-hybridized carbons (Fsp3) is 0.182. The maximum absolute atomic E-state index is 9.71. The second-order valence-electron chi connectivity index (χ2n) is 2.61. The van der Waals surface area contributed by atoms with Crippen LogP contribution in [0.3, 0.4) is 0 Å². The molecule has 1 rings (SSSR count). The van der Waals surface area contributed by atoms with Crippen molar-refractivity contribution < 1.29 is 9.90 Å². The summed E-state index contributed by atoms with van der Waals surface area (Å²) in [6, 6.07) is 9.83. The Kier molecular flexibility index (Phi) is 9.02. The molecule has 1 aromatic rings. The Balaban J connectivity index is 0.000000265. The van der Waals surface area contributed by atoms with Crippen molar-refractivity contribution in [3.63, 3.8) is 0 Å². The van der Waals surface area contributed by atoms with Crippen LogP contribution in [0.4, 0.5) is 0 Å². The van der Waals surface area contributed by atoms with Gasteiger partial charge in [0.1, 0.15) is 0 Å². The molecule has 15 heavy (non-hydrogen) atoms. The van der Waals surface area contributed by atoms with Crippen molar-refractivity contribution in [1.29, 1.82) is 0 Å². The van der Waals surface area contributed by atoms with Crippen molar-refractivity contribution in [3.8, 4) is 0 Å². The number of hydrogen-bond acceptors (Lipinski definition) is 2. The third kappa shape index (κ3) is 9.38. The Hall–Kier alpha value is -0.930. The van der Waals surface area contributed by atoms with Gasteiger partial charge in [-0.3, -0.25) is 4.79 Å². The minimum atomic E-state index is -0.764. The van der Waals surface area contributed by atoms with Crippen LogP contribution >= 0.6 is 21.7 Å². The Morgan fingerprint density at radius 1 is 1.47 bits per heavy atom. The van der Waals surface area contributed by atoms with Gasteiger partial charge in [-0.05, 0) is 40.2 Å². The molecule has 0 bridgehead atoms. The number of halogens is 1. The topological polar surface area (TPSA) is 37.3 Å². The van der Waals surface area contributed by atoms with Gasteiger partial charge in [-0.25, -0.2) is 0 Å². The first-order chi connectivity index (χ1) is 7.20. The van der Waals surface area contributed by atoms with E-state index in [1.54, 1.807) is 6.08 Å². The predicted octanol–water partition coefficient (Wildman–Crippen LogP) is 3.97. The summed E-state index contributed by atoms with van der Waals surface area (Å²) in [6.45, 7) is 3.37. The molecule has 0 spiro atoms. The van der Waals surface area contributed by atoms with E-state index in [2.05, 4.69) is 6.58 Å². The summed E-state index contributed by atoms with van der Waals surface area (Å²) in [6.07, 6.45) is 2.35. The van der Waals surface area contributed by atoms with Gasteiger partial charge in [0.25, 0.3) is 0 Å². The van der Waals surface area contributed by atoms with E-state index in [0.29, 0.717) is 6.42 Å². The van der Waals surface area contributed by atoms with Crippen molar-refractivity contribution in [2.24, 2.45) is 0 Å². The van der Waals surface area contributed by atoms with Gasteiger partial charge in [0, 0.05) is 11.3 Å². The standard InChI is InChI=1S/C6H5ClS.C5H8O2/c7-8-6-4-2-1-3-5-6;1-2-3-4-5(6)7/h1-5H;2H,1,3-4H2,(H,6,7). The van der Waals surface area contributed by atoms with E-state index < -0.39 is 5.97 Å². The van der Waals surface area contributed by atoms with E-state index in [9.17, 15) is 4.79 Å². The van der Waals surface area contributed by atoms with Crippen LogP contribution in [0.5, 0.6) is 0 Å². The van der Waals surface area contributed by atoms with Gasteiger partial charge >= 0.3 is 5.97 Å². The van der Waals surface area contributed by atoms with Crippen LogP contribution < -0.4 is 0 Å². The average Bonchev–Trinajstić information content (AvgIpc) is 2.28. The maximum Gasteiger partial charge on any atom is 0.303 e. The van der Waals surface area contributed by atoms with Crippen molar-refractivity contribution in [3.05, 3.63) is 43.0 Å². The monoisotopic (exact) mass is 244 g/mol. The molecule has 0 amide bonds. The number of aliphatic carboxylic acids is 1. The highest BCUT2D eigenvalue weighted by molar-refractivity contribution is 8.21. The molecule has 0 heterocycles. The summed E-state index contributed by atoms with van der Waals surface area (Å²) in [5, 5.41) is 8.00. The summed E-state index contributed by atoms with van der Waals surface area (Å²) in [4.78, 5) is 10.8. The third-order valence-corrected chi connectivity index (χ3v) is 2.38. The lowest BCUT2D eigenvalue weighted by atomic mass is 10.3. The Morgan fingerprint density at radius 3 is 2.33 bits per heavy atom. The lowest BCUT2D eigenvalue weighted by Crippen LogP contribution is -1.90. The van der Waals surface area contributed by atoms with E-state index >= 15 is 0 Å². The highest BCUT2D eigenvalue weighted by Gasteiger charge is 1.89. The molecule has 0 aliphatic heterocycles. The second-order valence-corrected chi connectivity index (χ2v) is 3.70. The number of allylic oxidation sites excluding steroid dienone is 1. The fourth-order valence-electron chi connectivity index (χ4n) is 0.697. The summed E-state index contributed by atoms with van der Waals surface area (Å²) in [5.74, 6) is -0.764. The van der Waals surface area contributed by atoms with Crippen molar-refractivity contribution >= 4 is 27.6 Å². The zero-order chi connectivity index (χ0) is 11.5. The highest BCUT2D eigenvalue weighted by atomic mass is 35.7. The molecule has 4 heteroatoms. The van der Waals surface area contributed by atoms with Crippen LogP contribution in [0.25, 0.3) is 0 Å². The molecule has 0 aromatic heterocycles. The number of carboxylic acids is 1. The van der Waals surface area contributed by atoms with Gasteiger partial charge in [0.05, 0.1) is 0 Å². The molecule has 0 saturated heterocycles. The summed E-state index contributed by atoms with van der Waals surface area (Å²) in [5.41, 5.74) is 0. The van der Waals surface area contributed by atoms with E-state index in [-0.39, 0.29) is 6.42 Å². The number of benzene rings is 1. The smallest absolute Gasteiger partial charge is 0.303 e. The molecule has 2 nitrogen and oxygen atoms in total. The van der Waals surface area contributed by atoms with Crippen LogP contribution in [0.1, 0.15) is 12.8 Å². The molecule has 0 aliphatic rings. The van der Waals surface area contributed by atoms with Crippen LogP contribution in [0.2, 0.25) is 0 Å². The molecule has 0 saturated carbocycles. The number of carboxylic acid groups (broad SMARTS) is 1. The minimum Gasteiger partial charge on any atom is -0.481 e. The first-order valence-electron chi connectivity index (χ1n) is 4.37. The highest BCUT2D eigenvalue weighted by Crippen LogP contribution is 2.19. The zero-order valence-corrected chi connectivity index (χ0v) is 9.80. The molecular formula is C11H13ClO2S. The first-order valence-corrected chi connectivity index (χ1v) is 6.01. The van der Waals surface area contributed by atoms with Crippen molar-refractivity contribution in [2.45, 2.75) is 17.7 Å². The summed E-state index contributed by atoms with van der Waals surface area (Å²) >= 11 is 0. The van der Waals surface area contributed by atoms with Crippen LogP contribution in [-0.4, -0.2) is 11.1 Å². The molecule has 0 radical (unpaired) electrons. The lowest BCUT2D eigenvalue weighted by molar-refractivity contribution is -0.136. The number of hydrogen-bond donors (Lipinski definition) is 1. The number of carbonyl (C=O) groups is 1. The summed E-state index contributed by atoms with van der Waals surface area (Å²) in [7, 11) is 6.68. The number of rotatable bonds is 4. The van der Waals surface area contributed by atoms with Gasteiger partial charge in [-0.15, -0.1) is 6.58 Å². The molecule has 1 N–H and O–H groups in total. The normalized spacial score (nSPS) is 8.60. The molecule has 0 aliphatic carbocycles. The Labute approximate surface area is 98.5 Å². The minimum absolute atomic E-state index is 0.198. The van der Waals surface area contributed by atoms with Crippen LogP contribution in [0, 0.1) is 0 Å². The van der Waals surface area contributed by atoms with Crippen molar-refractivity contribution in [2.75, 3.05) is 0 Å². The van der Waals surface area contributed by atoms with Crippen LogP contribution in [0.15, 0.2) is 47.9 Å².